The lowest BCUT2D eigenvalue weighted by Crippen LogP contribution is -2.39. The molecule has 0 bridgehead atoms. The summed E-state index contributed by atoms with van der Waals surface area (Å²) in [5, 5.41) is 12.4. The Labute approximate surface area is 108 Å². The van der Waals surface area contributed by atoms with Crippen molar-refractivity contribution in [3.63, 3.8) is 0 Å². The molecule has 0 saturated heterocycles. The lowest BCUT2D eigenvalue weighted by Gasteiger charge is -2.16. The Balaban J connectivity index is 2.59. The quantitative estimate of drug-likeness (QED) is 0.573. The van der Waals surface area contributed by atoms with E-state index in [-0.39, 0.29) is 17.8 Å². The van der Waals surface area contributed by atoms with E-state index in [1.165, 1.54) is 7.11 Å². The summed E-state index contributed by atoms with van der Waals surface area (Å²) in [6.07, 6.45) is 2.68. The molecule has 0 radical (unpaired) electrons. The first kappa shape index (κ1) is 14.5. The average molecular weight is 251 g/mol. The summed E-state index contributed by atoms with van der Waals surface area (Å²) in [5.41, 5.74) is 0.993. The number of methoxy groups -OCH3 is 1. The third-order valence-corrected chi connectivity index (χ3v) is 2.78. The maximum atomic E-state index is 11.6. The molecule has 1 aromatic carbocycles. The first-order chi connectivity index (χ1) is 8.67. The minimum Gasteiger partial charge on any atom is -0.508 e. The van der Waals surface area contributed by atoms with Gasteiger partial charge in [0.15, 0.2) is 0 Å². The van der Waals surface area contributed by atoms with Crippen molar-refractivity contribution < 1.29 is 14.6 Å². The maximum absolute atomic E-state index is 11.6. The summed E-state index contributed by atoms with van der Waals surface area (Å²) < 4.78 is 4.79. The molecule has 4 nitrogen and oxygen atoms in total. The second-order valence-electron chi connectivity index (χ2n) is 4.25. The van der Waals surface area contributed by atoms with E-state index in [0.717, 1.165) is 24.9 Å². The zero-order valence-electron chi connectivity index (χ0n) is 11.0. The molecule has 0 fully saturated rings. The molecular formula is C14H21NO3. The molecule has 0 heterocycles. The van der Waals surface area contributed by atoms with E-state index in [4.69, 9.17) is 4.74 Å². The van der Waals surface area contributed by atoms with Crippen molar-refractivity contribution in [2.75, 3.05) is 13.7 Å². The smallest absolute Gasteiger partial charge is 0.323 e. The number of carbonyl (C=O) groups is 1. The molecule has 1 unspecified atom stereocenters. The fraction of sp³-hybridized carbons (Fsp3) is 0.500. The highest BCUT2D eigenvalue weighted by Gasteiger charge is 2.18. The summed E-state index contributed by atoms with van der Waals surface area (Å²) >= 11 is 0. The van der Waals surface area contributed by atoms with Crippen molar-refractivity contribution in [1.82, 2.24) is 5.32 Å². The van der Waals surface area contributed by atoms with Gasteiger partial charge in [0, 0.05) is 0 Å². The van der Waals surface area contributed by atoms with Crippen LogP contribution in [0.15, 0.2) is 24.3 Å². The number of carbonyl (C=O) groups excluding carboxylic acids is 1. The molecule has 0 saturated carbocycles. The van der Waals surface area contributed by atoms with Crippen LogP contribution in [-0.2, 0) is 16.0 Å². The molecule has 100 valence electrons. The second kappa shape index (κ2) is 7.71. The highest BCUT2D eigenvalue weighted by Crippen LogP contribution is 2.11. The monoisotopic (exact) mass is 251 g/mol. The van der Waals surface area contributed by atoms with Crippen molar-refractivity contribution in [3.05, 3.63) is 29.8 Å². The summed E-state index contributed by atoms with van der Waals surface area (Å²) in [6, 6.07) is 6.54. The van der Waals surface area contributed by atoms with Crippen molar-refractivity contribution in [1.29, 1.82) is 0 Å². The molecular weight excluding hydrogens is 230 g/mol. The van der Waals surface area contributed by atoms with Crippen molar-refractivity contribution in [2.24, 2.45) is 0 Å². The van der Waals surface area contributed by atoms with Crippen LogP contribution in [0, 0.1) is 0 Å². The van der Waals surface area contributed by atoms with E-state index >= 15 is 0 Å². The molecule has 0 aromatic heterocycles. The van der Waals surface area contributed by atoms with Crippen LogP contribution in [0.2, 0.25) is 0 Å². The van der Waals surface area contributed by atoms with Gasteiger partial charge in [0.1, 0.15) is 11.8 Å². The molecule has 0 aliphatic carbocycles. The molecule has 0 amide bonds. The van der Waals surface area contributed by atoms with Crippen molar-refractivity contribution in [2.45, 2.75) is 32.2 Å². The molecule has 0 aliphatic rings. The predicted molar refractivity (Wildman–Crippen MR) is 70.5 cm³/mol. The molecule has 0 aliphatic heterocycles. The Bertz CT molecular complexity index is 362. The standard InChI is InChI=1S/C14H21NO3/c1-3-4-9-15-13(14(17)18-2)10-11-5-7-12(16)8-6-11/h5-8,13,15-16H,3-4,9-10H2,1-2H3. The normalized spacial score (nSPS) is 12.1. The van der Waals surface area contributed by atoms with Gasteiger partial charge in [0.25, 0.3) is 0 Å². The Morgan fingerprint density at radius 2 is 2.06 bits per heavy atom. The maximum Gasteiger partial charge on any atom is 0.323 e. The van der Waals surface area contributed by atoms with Crippen LogP contribution in [0.5, 0.6) is 5.75 Å². The van der Waals surface area contributed by atoms with Gasteiger partial charge >= 0.3 is 5.97 Å². The number of aromatic hydroxyl groups is 1. The molecule has 1 rings (SSSR count). The Hall–Kier alpha value is -1.55. The van der Waals surface area contributed by atoms with E-state index in [2.05, 4.69) is 12.2 Å². The topological polar surface area (TPSA) is 58.6 Å². The van der Waals surface area contributed by atoms with Crippen LogP contribution in [0.25, 0.3) is 0 Å². The predicted octanol–water partition coefficient (Wildman–Crippen LogP) is 1.87. The zero-order chi connectivity index (χ0) is 13.4. The van der Waals surface area contributed by atoms with Gasteiger partial charge in [-0.05, 0) is 37.1 Å². The Kier molecular flexibility index (Phi) is 6.22. The fourth-order valence-electron chi connectivity index (χ4n) is 1.70. The summed E-state index contributed by atoms with van der Waals surface area (Å²) in [6.45, 7) is 2.91. The lowest BCUT2D eigenvalue weighted by molar-refractivity contribution is -0.143. The zero-order valence-corrected chi connectivity index (χ0v) is 11.0. The minimum atomic E-state index is -0.328. The van der Waals surface area contributed by atoms with E-state index in [1.54, 1.807) is 12.1 Å². The number of ether oxygens (including phenoxy) is 1. The number of unbranched alkanes of at least 4 members (excludes halogenated alkanes) is 1. The van der Waals surface area contributed by atoms with Gasteiger partial charge in [-0.25, -0.2) is 0 Å². The summed E-state index contributed by atoms with van der Waals surface area (Å²) in [5.74, 6) is -0.0218. The number of nitrogens with one attached hydrogen (secondary N) is 1. The molecule has 4 heteroatoms. The molecule has 1 aromatic rings. The largest absolute Gasteiger partial charge is 0.508 e. The van der Waals surface area contributed by atoms with E-state index in [9.17, 15) is 9.90 Å². The van der Waals surface area contributed by atoms with E-state index in [1.807, 2.05) is 12.1 Å². The number of benzene rings is 1. The number of esters is 1. The molecule has 18 heavy (non-hydrogen) atoms. The van der Waals surface area contributed by atoms with E-state index in [0.29, 0.717) is 6.42 Å². The summed E-state index contributed by atoms with van der Waals surface area (Å²) in [4.78, 5) is 11.6. The van der Waals surface area contributed by atoms with Gasteiger partial charge in [0.2, 0.25) is 0 Å². The molecule has 1 atom stereocenters. The van der Waals surface area contributed by atoms with E-state index < -0.39 is 0 Å². The Morgan fingerprint density at radius 1 is 1.39 bits per heavy atom. The Morgan fingerprint density at radius 3 is 2.61 bits per heavy atom. The van der Waals surface area contributed by atoms with Gasteiger partial charge in [-0.2, -0.15) is 0 Å². The van der Waals surface area contributed by atoms with Crippen LogP contribution in [0.4, 0.5) is 0 Å². The van der Waals surface area contributed by atoms with Crippen LogP contribution in [0.1, 0.15) is 25.3 Å². The highest BCUT2D eigenvalue weighted by molar-refractivity contribution is 5.76. The highest BCUT2D eigenvalue weighted by atomic mass is 16.5. The van der Waals surface area contributed by atoms with Gasteiger partial charge in [-0.3, -0.25) is 4.79 Å². The SMILES string of the molecule is CCCCNC(Cc1ccc(O)cc1)C(=O)OC. The number of phenolic OH excluding ortho intramolecular Hbond substituents is 1. The van der Waals surface area contributed by atoms with Crippen LogP contribution in [-0.4, -0.2) is 30.8 Å². The van der Waals surface area contributed by atoms with Crippen LogP contribution < -0.4 is 5.32 Å². The third kappa shape index (κ3) is 4.75. The van der Waals surface area contributed by atoms with Gasteiger partial charge in [-0.15, -0.1) is 0 Å². The third-order valence-electron chi connectivity index (χ3n) is 2.78. The number of hydrogen-bond acceptors (Lipinski definition) is 4. The molecule has 0 spiro atoms. The number of phenols is 1. The lowest BCUT2D eigenvalue weighted by atomic mass is 10.1. The van der Waals surface area contributed by atoms with Crippen LogP contribution >= 0.6 is 0 Å². The second-order valence-corrected chi connectivity index (χ2v) is 4.25. The first-order valence-electron chi connectivity index (χ1n) is 6.26. The van der Waals surface area contributed by atoms with Gasteiger partial charge in [0.05, 0.1) is 7.11 Å². The summed E-state index contributed by atoms with van der Waals surface area (Å²) in [7, 11) is 1.40. The molecule has 2 N–H and O–H groups in total. The minimum absolute atomic E-state index is 0.229. The first-order valence-corrected chi connectivity index (χ1v) is 6.26. The average Bonchev–Trinajstić information content (AvgIpc) is 2.39. The fourth-order valence-corrected chi connectivity index (χ4v) is 1.70. The van der Waals surface area contributed by atoms with Gasteiger partial charge in [-0.1, -0.05) is 25.5 Å². The van der Waals surface area contributed by atoms with Gasteiger partial charge < -0.3 is 15.2 Å². The number of rotatable bonds is 7. The number of hydrogen-bond donors (Lipinski definition) is 2. The van der Waals surface area contributed by atoms with Crippen molar-refractivity contribution in [3.8, 4) is 5.75 Å². The van der Waals surface area contributed by atoms with Crippen LogP contribution in [0.3, 0.4) is 0 Å². The van der Waals surface area contributed by atoms with Crippen molar-refractivity contribution >= 4 is 5.97 Å².